The highest BCUT2D eigenvalue weighted by molar-refractivity contribution is 6.04. The monoisotopic (exact) mass is 419 g/mol. The number of aliphatic hydroxyl groups excluding tert-OH is 1. The van der Waals surface area contributed by atoms with E-state index in [0.717, 1.165) is 11.1 Å². The summed E-state index contributed by atoms with van der Waals surface area (Å²) in [4.78, 5) is 24.5. The molecule has 0 bridgehead atoms. The van der Waals surface area contributed by atoms with E-state index in [-0.39, 0.29) is 25.0 Å². The molecule has 9 nitrogen and oxygen atoms in total. The van der Waals surface area contributed by atoms with Crippen LogP contribution in [0.15, 0.2) is 76.8 Å². The lowest BCUT2D eigenvalue weighted by Crippen LogP contribution is -2.21. The zero-order valence-electron chi connectivity index (χ0n) is 16.8. The number of benzene rings is 1. The molecular formula is C22H21N5O4. The highest BCUT2D eigenvalue weighted by Gasteiger charge is 2.27. The summed E-state index contributed by atoms with van der Waals surface area (Å²) < 4.78 is 6.38. The van der Waals surface area contributed by atoms with E-state index in [9.17, 15) is 14.7 Å². The van der Waals surface area contributed by atoms with Crippen molar-refractivity contribution in [2.24, 2.45) is 16.1 Å². The summed E-state index contributed by atoms with van der Waals surface area (Å²) in [6.45, 7) is 0.418. The van der Waals surface area contributed by atoms with Crippen molar-refractivity contribution in [1.29, 1.82) is 0 Å². The van der Waals surface area contributed by atoms with Crippen molar-refractivity contribution in [2.45, 2.75) is 12.6 Å². The number of ether oxygens (including phenoxy) is 1. The summed E-state index contributed by atoms with van der Waals surface area (Å²) >= 11 is 0. The number of rotatable bonds is 7. The van der Waals surface area contributed by atoms with E-state index >= 15 is 0 Å². The van der Waals surface area contributed by atoms with Gasteiger partial charge in [-0.2, -0.15) is 5.10 Å². The van der Waals surface area contributed by atoms with Crippen LogP contribution in [0.1, 0.15) is 15.9 Å². The molecular weight excluding hydrogens is 398 g/mol. The zero-order chi connectivity index (χ0) is 21.8. The summed E-state index contributed by atoms with van der Waals surface area (Å²) in [6, 6.07) is 7.16. The van der Waals surface area contributed by atoms with Gasteiger partial charge in [-0.3, -0.25) is 14.3 Å². The maximum Gasteiger partial charge on any atom is 0.276 e. The molecule has 2 amide bonds. The number of allylic oxidation sites excluding steroid dienone is 3. The Morgan fingerprint density at radius 2 is 2.06 bits per heavy atom. The fourth-order valence-electron chi connectivity index (χ4n) is 3.38. The van der Waals surface area contributed by atoms with Crippen LogP contribution in [0.2, 0.25) is 0 Å². The number of nitrogens with zero attached hydrogens (tertiary/aromatic N) is 4. The molecule has 0 spiro atoms. The van der Waals surface area contributed by atoms with Crippen molar-refractivity contribution in [3.63, 3.8) is 0 Å². The van der Waals surface area contributed by atoms with Gasteiger partial charge in [0.2, 0.25) is 0 Å². The molecule has 2 atom stereocenters. The number of azo groups is 1. The van der Waals surface area contributed by atoms with Crippen molar-refractivity contribution < 1.29 is 19.4 Å². The Morgan fingerprint density at radius 1 is 1.26 bits per heavy atom. The lowest BCUT2D eigenvalue weighted by Gasteiger charge is -2.19. The van der Waals surface area contributed by atoms with Crippen LogP contribution in [-0.2, 0) is 16.1 Å². The number of amides is 2. The molecule has 1 aromatic carbocycles. The predicted octanol–water partition coefficient (Wildman–Crippen LogP) is 2.59. The topological polar surface area (TPSA) is 118 Å². The van der Waals surface area contributed by atoms with Gasteiger partial charge in [-0.05, 0) is 17.7 Å². The second kappa shape index (κ2) is 8.99. The molecule has 1 aliphatic heterocycles. The first-order valence-corrected chi connectivity index (χ1v) is 9.71. The van der Waals surface area contributed by atoms with Crippen molar-refractivity contribution in [3.8, 4) is 0 Å². The first-order valence-electron chi connectivity index (χ1n) is 9.71. The highest BCUT2D eigenvalue weighted by atomic mass is 16.5. The second-order valence-corrected chi connectivity index (χ2v) is 7.16. The molecule has 2 aromatic rings. The third kappa shape index (κ3) is 4.57. The number of carbonyl (C=O) groups is 2. The zero-order valence-corrected chi connectivity index (χ0v) is 16.8. The summed E-state index contributed by atoms with van der Waals surface area (Å²) in [7, 11) is 1.51. The molecule has 0 radical (unpaired) electrons. The Morgan fingerprint density at radius 3 is 2.84 bits per heavy atom. The Kier molecular flexibility index (Phi) is 5.96. The SMILES string of the molecule is COCC(O)Cn1cc(C(=O)Nc2ccc(C3=C4C=CC=CC4C(=O)N=N3)cc2)cn1. The number of hydrogen-bond donors (Lipinski definition) is 2. The largest absolute Gasteiger partial charge is 0.389 e. The van der Waals surface area contributed by atoms with Gasteiger partial charge in [0.1, 0.15) is 0 Å². The lowest BCUT2D eigenvalue weighted by molar-refractivity contribution is -0.119. The number of carbonyl (C=O) groups excluding carboxylic acids is 2. The summed E-state index contributed by atoms with van der Waals surface area (Å²) in [5.74, 6) is -1.00. The van der Waals surface area contributed by atoms with Gasteiger partial charge in [0.05, 0.1) is 42.6 Å². The van der Waals surface area contributed by atoms with E-state index in [1.807, 2.05) is 30.4 Å². The summed E-state index contributed by atoms with van der Waals surface area (Å²) in [6.07, 6.45) is 9.67. The van der Waals surface area contributed by atoms with Crippen LogP contribution in [0.25, 0.3) is 5.70 Å². The minimum atomic E-state index is -0.704. The Hall–Kier alpha value is -3.69. The molecule has 2 N–H and O–H groups in total. The molecule has 0 fully saturated rings. The van der Waals surface area contributed by atoms with Gasteiger partial charge in [0.25, 0.3) is 11.8 Å². The quantitative estimate of drug-likeness (QED) is 0.715. The summed E-state index contributed by atoms with van der Waals surface area (Å²) in [5, 5.41) is 24.5. The van der Waals surface area contributed by atoms with Crippen molar-refractivity contribution in [3.05, 3.63) is 77.7 Å². The molecule has 2 aliphatic rings. The van der Waals surface area contributed by atoms with Gasteiger partial charge in [0.15, 0.2) is 0 Å². The minimum Gasteiger partial charge on any atom is -0.389 e. The third-order valence-corrected chi connectivity index (χ3v) is 4.88. The predicted molar refractivity (Wildman–Crippen MR) is 113 cm³/mol. The Bertz CT molecular complexity index is 1110. The van der Waals surface area contributed by atoms with Crippen LogP contribution in [0.4, 0.5) is 5.69 Å². The molecule has 1 aliphatic carbocycles. The van der Waals surface area contributed by atoms with Crippen LogP contribution in [0.3, 0.4) is 0 Å². The first kappa shape index (κ1) is 20.6. The standard InChI is InChI=1S/C22H21N5O4/c1-31-13-17(28)12-27-11-15(10-23-27)21(29)24-16-8-6-14(7-9-16)20-18-4-2-3-5-19(18)22(30)26-25-20/h2-11,17,19,28H,12-13H2,1H3,(H,24,29). The number of methoxy groups -OCH3 is 1. The van der Waals surface area contributed by atoms with E-state index in [4.69, 9.17) is 4.74 Å². The van der Waals surface area contributed by atoms with Crippen molar-refractivity contribution in [1.82, 2.24) is 9.78 Å². The molecule has 2 unspecified atom stereocenters. The van der Waals surface area contributed by atoms with Crippen LogP contribution in [0.5, 0.6) is 0 Å². The van der Waals surface area contributed by atoms with Crippen LogP contribution in [0, 0.1) is 5.92 Å². The molecule has 2 heterocycles. The molecule has 0 saturated heterocycles. The lowest BCUT2D eigenvalue weighted by atomic mass is 9.89. The fourth-order valence-corrected chi connectivity index (χ4v) is 3.38. The van der Waals surface area contributed by atoms with Crippen LogP contribution >= 0.6 is 0 Å². The fraction of sp³-hybridized carbons (Fsp3) is 0.227. The van der Waals surface area contributed by atoms with Gasteiger partial charge < -0.3 is 15.2 Å². The third-order valence-electron chi connectivity index (χ3n) is 4.88. The van der Waals surface area contributed by atoms with Crippen molar-refractivity contribution >= 4 is 23.2 Å². The first-order chi connectivity index (χ1) is 15.0. The van der Waals surface area contributed by atoms with E-state index in [2.05, 4.69) is 20.6 Å². The van der Waals surface area contributed by atoms with Gasteiger partial charge in [-0.1, -0.05) is 36.4 Å². The Balaban J connectivity index is 1.45. The van der Waals surface area contributed by atoms with E-state index in [0.29, 0.717) is 16.9 Å². The van der Waals surface area contributed by atoms with Gasteiger partial charge >= 0.3 is 0 Å². The van der Waals surface area contributed by atoms with E-state index in [1.54, 1.807) is 24.4 Å². The van der Waals surface area contributed by atoms with Crippen LogP contribution in [-0.4, -0.2) is 46.5 Å². The van der Waals surface area contributed by atoms with E-state index in [1.165, 1.54) is 18.0 Å². The molecule has 158 valence electrons. The molecule has 9 heteroatoms. The number of aliphatic hydroxyl groups is 1. The van der Waals surface area contributed by atoms with Crippen molar-refractivity contribution in [2.75, 3.05) is 19.0 Å². The normalized spacial score (nSPS) is 18.3. The molecule has 1 aromatic heterocycles. The Labute approximate surface area is 178 Å². The van der Waals surface area contributed by atoms with Crippen LogP contribution < -0.4 is 5.32 Å². The average Bonchev–Trinajstić information content (AvgIpc) is 3.24. The van der Waals surface area contributed by atoms with E-state index < -0.39 is 12.0 Å². The molecule has 4 rings (SSSR count). The number of aromatic nitrogens is 2. The average molecular weight is 419 g/mol. The van der Waals surface area contributed by atoms with Gasteiger partial charge in [0, 0.05) is 24.6 Å². The maximum atomic E-state index is 12.5. The second-order valence-electron chi connectivity index (χ2n) is 7.16. The number of nitrogens with one attached hydrogen (secondary N) is 1. The number of fused-ring (bicyclic) bond motifs is 1. The summed E-state index contributed by atoms with van der Waals surface area (Å²) in [5.41, 5.74) is 3.22. The maximum absolute atomic E-state index is 12.5. The number of hydrogen-bond acceptors (Lipinski definition) is 6. The smallest absolute Gasteiger partial charge is 0.276 e. The number of anilines is 1. The minimum absolute atomic E-state index is 0.187. The molecule has 0 saturated carbocycles. The van der Waals surface area contributed by atoms with Gasteiger partial charge in [-0.15, -0.1) is 10.2 Å². The molecule has 31 heavy (non-hydrogen) atoms. The highest BCUT2D eigenvalue weighted by Crippen LogP contribution is 2.34. The van der Waals surface area contributed by atoms with Gasteiger partial charge in [-0.25, -0.2) is 0 Å².